The Bertz CT molecular complexity index is 934. The average Bonchev–Trinajstić information content (AvgIpc) is 3.33. The van der Waals surface area contributed by atoms with Crippen LogP contribution < -0.4 is 0 Å². The number of aryl methyl sites for hydroxylation is 1. The predicted molar refractivity (Wildman–Crippen MR) is 88.0 cm³/mol. The van der Waals surface area contributed by atoms with E-state index >= 15 is 0 Å². The van der Waals surface area contributed by atoms with Gasteiger partial charge < -0.3 is 14.5 Å². The molecule has 0 N–H and O–H groups in total. The van der Waals surface area contributed by atoms with Crippen LogP contribution in [0.4, 0.5) is 5.82 Å². The standard InChI is InChI=1S/C16H15N5O4/c1-2-20-14(7-9-17-20)15(22)6-5-12-3-4-13(25-12)11-19-10-8-16(18-19)21(23)24/h3-10H,2,11H2,1H3/b6-5+. The quantitative estimate of drug-likeness (QED) is 0.283. The number of rotatable bonds is 7. The second-order valence-corrected chi connectivity index (χ2v) is 5.16. The lowest BCUT2D eigenvalue weighted by Gasteiger charge is -1.99. The highest BCUT2D eigenvalue weighted by molar-refractivity contribution is 6.05. The van der Waals surface area contributed by atoms with Crippen molar-refractivity contribution in [2.24, 2.45) is 0 Å². The first-order valence-corrected chi connectivity index (χ1v) is 7.57. The van der Waals surface area contributed by atoms with Gasteiger partial charge in [-0.2, -0.15) is 9.78 Å². The van der Waals surface area contributed by atoms with E-state index in [9.17, 15) is 14.9 Å². The molecule has 0 aliphatic heterocycles. The van der Waals surface area contributed by atoms with Gasteiger partial charge in [0.25, 0.3) is 0 Å². The minimum atomic E-state index is -0.556. The number of hydrogen-bond acceptors (Lipinski definition) is 6. The molecule has 0 aliphatic rings. The molecule has 25 heavy (non-hydrogen) atoms. The molecule has 0 radical (unpaired) electrons. The lowest BCUT2D eigenvalue weighted by molar-refractivity contribution is -0.389. The van der Waals surface area contributed by atoms with Gasteiger partial charge in [0.1, 0.15) is 23.8 Å². The summed E-state index contributed by atoms with van der Waals surface area (Å²) in [5.74, 6) is 0.695. The van der Waals surface area contributed by atoms with Crippen molar-refractivity contribution in [3.05, 3.63) is 70.1 Å². The summed E-state index contributed by atoms with van der Waals surface area (Å²) < 4.78 is 8.62. The maximum Gasteiger partial charge on any atom is 0.389 e. The van der Waals surface area contributed by atoms with Crippen LogP contribution in [0.5, 0.6) is 0 Å². The van der Waals surface area contributed by atoms with Crippen LogP contribution >= 0.6 is 0 Å². The molecule has 128 valence electrons. The summed E-state index contributed by atoms with van der Waals surface area (Å²) in [5, 5.41) is 18.5. The van der Waals surface area contributed by atoms with E-state index in [0.717, 1.165) is 0 Å². The summed E-state index contributed by atoms with van der Waals surface area (Å²) >= 11 is 0. The van der Waals surface area contributed by atoms with Gasteiger partial charge >= 0.3 is 5.82 Å². The monoisotopic (exact) mass is 341 g/mol. The third-order valence-corrected chi connectivity index (χ3v) is 3.48. The molecule has 0 saturated heterocycles. The Kier molecular flexibility index (Phi) is 4.55. The van der Waals surface area contributed by atoms with Crippen molar-refractivity contribution in [2.75, 3.05) is 0 Å². The zero-order valence-corrected chi connectivity index (χ0v) is 13.4. The number of aromatic nitrogens is 4. The maximum atomic E-state index is 12.2. The van der Waals surface area contributed by atoms with E-state index in [-0.39, 0.29) is 18.1 Å². The highest BCUT2D eigenvalue weighted by Gasteiger charge is 2.12. The highest BCUT2D eigenvalue weighted by Crippen LogP contribution is 2.13. The van der Waals surface area contributed by atoms with E-state index in [1.54, 1.807) is 35.2 Å². The van der Waals surface area contributed by atoms with E-state index in [4.69, 9.17) is 4.42 Å². The number of allylic oxidation sites excluding steroid dienone is 1. The Morgan fingerprint density at radius 1 is 1.36 bits per heavy atom. The molecular formula is C16H15N5O4. The van der Waals surface area contributed by atoms with Gasteiger partial charge in [-0.3, -0.25) is 9.48 Å². The van der Waals surface area contributed by atoms with Gasteiger partial charge in [0.15, 0.2) is 0 Å². The summed E-state index contributed by atoms with van der Waals surface area (Å²) in [6.45, 7) is 2.78. The van der Waals surface area contributed by atoms with Crippen LogP contribution in [0.3, 0.4) is 0 Å². The smallest absolute Gasteiger partial charge is 0.389 e. The van der Waals surface area contributed by atoms with Crippen molar-refractivity contribution >= 4 is 17.7 Å². The predicted octanol–water partition coefficient (Wildman–Crippen LogP) is 2.55. The molecule has 0 saturated carbocycles. The van der Waals surface area contributed by atoms with Crippen molar-refractivity contribution in [3.8, 4) is 0 Å². The molecule has 0 unspecified atom stereocenters. The number of carbonyl (C=O) groups excluding carboxylic acids is 1. The molecule has 0 atom stereocenters. The fourth-order valence-electron chi connectivity index (χ4n) is 2.30. The zero-order valence-electron chi connectivity index (χ0n) is 13.4. The van der Waals surface area contributed by atoms with Gasteiger partial charge in [-0.05, 0) is 42.2 Å². The number of furan rings is 1. The fraction of sp³-hybridized carbons (Fsp3) is 0.188. The number of hydrogen-bond donors (Lipinski definition) is 0. The summed E-state index contributed by atoms with van der Waals surface area (Å²) in [7, 11) is 0. The SMILES string of the molecule is CCn1nccc1C(=O)/C=C/c1ccc(Cn2ccc([N+](=O)[O-])n2)o1. The molecule has 9 heteroatoms. The summed E-state index contributed by atoms with van der Waals surface area (Å²) in [4.78, 5) is 22.2. The van der Waals surface area contributed by atoms with Gasteiger partial charge in [0.2, 0.25) is 5.78 Å². The van der Waals surface area contributed by atoms with Crippen molar-refractivity contribution in [2.45, 2.75) is 20.0 Å². The van der Waals surface area contributed by atoms with Gasteiger partial charge in [0, 0.05) is 12.7 Å². The van der Waals surface area contributed by atoms with Crippen LogP contribution in [0.2, 0.25) is 0 Å². The second-order valence-electron chi connectivity index (χ2n) is 5.16. The van der Waals surface area contributed by atoms with Gasteiger partial charge in [0.05, 0.1) is 17.4 Å². The number of nitrogens with zero attached hydrogens (tertiary/aromatic N) is 5. The molecule has 9 nitrogen and oxygen atoms in total. The van der Waals surface area contributed by atoms with E-state index < -0.39 is 4.92 Å². The molecule has 0 spiro atoms. The first-order valence-electron chi connectivity index (χ1n) is 7.57. The van der Waals surface area contributed by atoms with Gasteiger partial charge in [-0.25, -0.2) is 0 Å². The molecule has 0 amide bonds. The van der Waals surface area contributed by atoms with E-state index in [1.165, 1.54) is 23.0 Å². The molecule has 3 rings (SSSR count). The Balaban J connectivity index is 1.66. The Hall–Kier alpha value is -3.49. The molecule has 0 fully saturated rings. The lowest BCUT2D eigenvalue weighted by Crippen LogP contribution is -2.07. The molecule has 3 aromatic rings. The second kappa shape index (κ2) is 6.95. The van der Waals surface area contributed by atoms with Crippen LogP contribution in [-0.4, -0.2) is 30.3 Å². The topological polar surface area (TPSA) is 109 Å². The summed E-state index contributed by atoms with van der Waals surface area (Å²) in [6.07, 6.45) is 6.08. The van der Waals surface area contributed by atoms with Crippen LogP contribution in [0.25, 0.3) is 6.08 Å². The molecule has 0 aliphatic carbocycles. The van der Waals surface area contributed by atoms with Crippen molar-refractivity contribution in [1.29, 1.82) is 0 Å². The minimum Gasteiger partial charge on any atom is -0.460 e. The van der Waals surface area contributed by atoms with Gasteiger partial charge in [-0.1, -0.05) is 0 Å². The zero-order chi connectivity index (χ0) is 17.8. The molecular weight excluding hydrogens is 326 g/mol. The number of carbonyl (C=O) groups is 1. The molecule has 0 aromatic carbocycles. The minimum absolute atomic E-state index is 0.167. The first kappa shape index (κ1) is 16.4. The Morgan fingerprint density at radius 3 is 2.92 bits per heavy atom. The van der Waals surface area contributed by atoms with Crippen molar-refractivity contribution < 1.29 is 14.1 Å². The summed E-state index contributed by atoms with van der Waals surface area (Å²) in [6, 6.07) is 6.43. The molecule has 3 heterocycles. The largest absolute Gasteiger partial charge is 0.460 e. The molecule has 3 aromatic heterocycles. The van der Waals surface area contributed by atoms with E-state index in [2.05, 4.69) is 10.2 Å². The number of ketones is 1. The van der Waals surface area contributed by atoms with Crippen LogP contribution in [0.15, 0.2) is 47.2 Å². The lowest BCUT2D eigenvalue weighted by atomic mass is 10.2. The Morgan fingerprint density at radius 2 is 2.20 bits per heavy atom. The molecule has 0 bridgehead atoms. The first-order chi connectivity index (χ1) is 12.1. The van der Waals surface area contributed by atoms with Crippen LogP contribution in [0, 0.1) is 10.1 Å². The highest BCUT2D eigenvalue weighted by atomic mass is 16.6. The van der Waals surface area contributed by atoms with E-state index in [1.807, 2.05) is 6.92 Å². The number of nitro groups is 1. The van der Waals surface area contributed by atoms with E-state index in [0.29, 0.717) is 23.8 Å². The third kappa shape index (κ3) is 3.71. The third-order valence-electron chi connectivity index (χ3n) is 3.48. The summed E-state index contributed by atoms with van der Waals surface area (Å²) in [5.41, 5.74) is 0.509. The average molecular weight is 341 g/mol. The fourth-order valence-corrected chi connectivity index (χ4v) is 2.30. The van der Waals surface area contributed by atoms with Crippen LogP contribution in [-0.2, 0) is 13.1 Å². The van der Waals surface area contributed by atoms with Crippen LogP contribution in [0.1, 0.15) is 28.9 Å². The Labute approximate surface area is 142 Å². The van der Waals surface area contributed by atoms with Gasteiger partial charge in [-0.15, -0.1) is 0 Å². The normalized spacial score (nSPS) is 11.2. The van der Waals surface area contributed by atoms with Crippen molar-refractivity contribution in [3.63, 3.8) is 0 Å². The van der Waals surface area contributed by atoms with Crippen molar-refractivity contribution in [1.82, 2.24) is 19.6 Å². The maximum absolute atomic E-state index is 12.2.